The van der Waals surface area contributed by atoms with Crippen molar-refractivity contribution in [1.82, 2.24) is 0 Å². The minimum atomic E-state index is -4.50. The van der Waals surface area contributed by atoms with Gasteiger partial charge in [0.15, 0.2) is 0 Å². The Bertz CT molecular complexity index is 379. The van der Waals surface area contributed by atoms with Crippen LogP contribution in [0.5, 0.6) is 5.75 Å². The molecule has 0 amide bonds. The molecule has 0 saturated heterocycles. The van der Waals surface area contributed by atoms with Crippen LogP contribution in [-0.4, -0.2) is 5.11 Å². The molecule has 0 saturated carbocycles. The van der Waals surface area contributed by atoms with Crippen molar-refractivity contribution in [2.24, 2.45) is 0 Å². The van der Waals surface area contributed by atoms with Gasteiger partial charge in [-0.15, -0.1) is 0 Å². The highest BCUT2D eigenvalue weighted by Gasteiger charge is 2.31. The maximum atomic E-state index is 12.2. The van der Waals surface area contributed by atoms with Crippen molar-refractivity contribution < 1.29 is 18.3 Å². The Kier molecular flexibility index (Phi) is 2.65. The van der Waals surface area contributed by atoms with Gasteiger partial charge in [-0.25, -0.2) is 0 Å². The average molecular weight is 201 g/mol. The van der Waals surface area contributed by atoms with Crippen molar-refractivity contribution in [2.75, 3.05) is 0 Å². The molecule has 1 rings (SSSR count). The third kappa shape index (κ3) is 2.39. The van der Waals surface area contributed by atoms with Gasteiger partial charge in [0.2, 0.25) is 0 Å². The van der Waals surface area contributed by atoms with Gasteiger partial charge in [-0.05, 0) is 23.8 Å². The van der Waals surface area contributed by atoms with E-state index in [0.29, 0.717) is 6.07 Å². The Balaban J connectivity index is 3.15. The van der Waals surface area contributed by atoms with Crippen LogP contribution < -0.4 is 0 Å². The van der Waals surface area contributed by atoms with Crippen LogP contribution in [-0.2, 0) is 12.6 Å². The van der Waals surface area contributed by atoms with Crippen LogP contribution in [0.15, 0.2) is 18.2 Å². The fourth-order valence-electron chi connectivity index (χ4n) is 1.03. The molecule has 0 heterocycles. The Morgan fingerprint density at radius 1 is 1.29 bits per heavy atom. The smallest absolute Gasteiger partial charge is 0.416 e. The summed E-state index contributed by atoms with van der Waals surface area (Å²) in [6.07, 6.45) is -4.65. The Morgan fingerprint density at radius 3 is 2.43 bits per heavy atom. The Hall–Kier alpha value is -1.70. The highest BCUT2D eigenvalue weighted by molar-refractivity contribution is 5.36. The van der Waals surface area contributed by atoms with Crippen molar-refractivity contribution in [1.29, 1.82) is 5.26 Å². The molecule has 0 aromatic heterocycles. The van der Waals surface area contributed by atoms with Gasteiger partial charge in [-0.1, -0.05) is 0 Å². The van der Waals surface area contributed by atoms with Crippen LogP contribution in [0.3, 0.4) is 0 Å². The number of rotatable bonds is 1. The summed E-state index contributed by atoms with van der Waals surface area (Å²) in [7, 11) is 0. The van der Waals surface area contributed by atoms with Crippen LogP contribution in [0, 0.1) is 11.3 Å². The third-order valence-electron chi connectivity index (χ3n) is 1.59. The van der Waals surface area contributed by atoms with Crippen molar-refractivity contribution >= 4 is 0 Å². The molecule has 2 nitrogen and oxygen atoms in total. The van der Waals surface area contributed by atoms with E-state index in [2.05, 4.69) is 0 Å². The zero-order chi connectivity index (χ0) is 10.8. The number of alkyl halides is 3. The lowest BCUT2D eigenvalue weighted by molar-refractivity contribution is -0.137. The second-order valence-electron chi connectivity index (χ2n) is 2.72. The number of nitrogens with zero attached hydrogens (tertiary/aromatic N) is 1. The van der Waals surface area contributed by atoms with E-state index in [1.165, 1.54) is 0 Å². The largest absolute Gasteiger partial charge is 0.508 e. The molecule has 5 heteroatoms. The molecule has 1 aromatic carbocycles. The molecular weight excluding hydrogens is 195 g/mol. The molecule has 0 spiro atoms. The summed E-state index contributed by atoms with van der Waals surface area (Å²) in [5.74, 6) is -0.481. The van der Waals surface area contributed by atoms with Gasteiger partial charge in [0.1, 0.15) is 5.75 Å². The van der Waals surface area contributed by atoms with E-state index >= 15 is 0 Å². The lowest BCUT2D eigenvalue weighted by Crippen LogP contribution is -2.05. The molecule has 0 aliphatic carbocycles. The van der Waals surface area contributed by atoms with E-state index in [1.54, 1.807) is 6.07 Å². The van der Waals surface area contributed by atoms with Crippen LogP contribution in [0.25, 0.3) is 0 Å². The topological polar surface area (TPSA) is 44.0 Å². The highest BCUT2D eigenvalue weighted by atomic mass is 19.4. The molecule has 74 valence electrons. The van der Waals surface area contributed by atoms with Gasteiger partial charge in [0, 0.05) is 0 Å². The quantitative estimate of drug-likeness (QED) is 0.758. The lowest BCUT2D eigenvalue weighted by Gasteiger charge is -2.08. The lowest BCUT2D eigenvalue weighted by atomic mass is 10.1. The van der Waals surface area contributed by atoms with Gasteiger partial charge in [-0.2, -0.15) is 18.4 Å². The summed E-state index contributed by atoms with van der Waals surface area (Å²) in [4.78, 5) is 0. The number of halogens is 3. The summed E-state index contributed by atoms with van der Waals surface area (Å²) in [5.41, 5.74) is -0.789. The molecule has 1 N–H and O–H groups in total. The molecule has 14 heavy (non-hydrogen) atoms. The number of phenolic OH excluding ortho intramolecular Hbond substituents is 1. The molecule has 0 fully saturated rings. The summed E-state index contributed by atoms with van der Waals surface area (Å²) < 4.78 is 36.6. The first-order valence-corrected chi connectivity index (χ1v) is 3.70. The molecule has 0 atom stereocenters. The predicted octanol–water partition coefficient (Wildman–Crippen LogP) is 2.48. The number of aromatic hydroxyl groups is 1. The molecule has 0 aliphatic heterocycles. The molecule has 0 radical (unpaired) electrons. The van der Waals surface area contributed by atoms with Crippen LogP contribution in [0.1, 0.15) is 11.1 Å². The van der Waals surface area contributed by atoms with E-state index in [1.807, 2.05) is 0 Å². The summed E-state index contributed by atoms with van der Waals surface area (Å²) >= 11 is 0. The van der Waals surface area contributed by atoms with E-state index in [-0.39, 0.29) is 12.0 Å². The first kappa shape index (κ1) is 10.4. The first-order valence-electron chi connectivity index (χ1n) is 3.70. The van der Waals surface area contributed by atoms with Gasteiger partial charge in [-0.3, -0.25) is 0 Å². The van der Waals surface area contributed by atoms with E-state index in [9.17, 15) is 13.2 Å². The predicted molar refractivity (Wildman–Crippen MR) is 42.4 cm³/mol. The monoisotopic (exact) mass is 201 g/mol. The van der Waals surface area contributed by atoms with E-state index < -0.39 is 17.5 Å². The molecular formula is C9H6F3NO. The maximum absolute atomic E-state index is 12.2. The zero-order valence-electron chi connectivity index (χ0n) is 6.97. The Morgan fingerprint density at radius 2 is 1.93 bits per heavy atom. The van der Waals surface area contributed by atoms with Gasteiger partial charge in [0.25, 0.3) is 0 Å². The average Bonchev–Trinajstić information content (AvgIpc) is 2.02. The van der Waals surface area contributed by atoms with Crippen molar-refractivity contribution in [2.45, 2.75) is 12.6 Å². The minimum Gasteiger partial charge on any atom is -0.508 e. The second-order valence-corrected chi connectivity index (χ2v) is 2.72. The first-order chi connectivity index (χ1) is 6.43. The highest BCUT2D eigenvalue weighted by Crippen LogP contribution is 2.32. The van der Waals surface area contributed by atoms with Gasteiger partial charge < -0.3 is 5.11 Å². The summed E-state index contributed by atoms with van der Waals surface area (Å²) in [6, 6.07) is 4.32. The third-order valence-corrected chi connectivity index (χ3v) is 1.59. The molecule has 0 unspecified atom stereocenters. The number of benzene rings is 1. The zero-order valence-corrected chi connectivity index (χ0v) is 6.97. The second kappa shape index (κ2) is 3.58. The molecule has 0 aliphatic rings. The van der Waals surface area contributed by atoms with Crippen molar-refractivity contribution in [3.05, 3.63) is 29.3 Å². The van der Waals surface area contributed by atoms with Crippen LogP contribution in [0.4, 0.5) is 13.2 Å². The summed E-state index contributed by atoms with van der Waals surface area (Å²) in [6.45, 7) is 0. The number of phenols is 1. The number of nitriles is 1. The van der Waals surface area contributed by atoms with E-state index in [4.69, 9.17) is 10.4 Å². The fourth-order valence-corrected chi connectivity index (χ4v) is 1.03. The van der Waals surface area contributed by atoms with Crippen molar-refractivity contribution in [3.8, 4) is 11.8 Å². The summed E-state index contributed by atoms with van der Waals surface area (Å²) in [5, 5.41) is 17.3. The van der Waals surface area contributed by atoms with Crippen molar-refractivity contribution in [3.63, 3.8) is 0 Å². The molecule has 0 bridgehead atoms. The SMILES string of the molecule is N#CCc1cc(O)cc(C(F)(F)F)c1. The van der Waals surface area contributed by atoms with Crippen LogP contribution in [0.2, 0.25) is 0 Å². The normalized spacial score (nSPS) is 11.0. The van der Waals surface area contributed by atoms with E-state index in [0.717, 1.165) is 12.1 Å². The molecule has 1 aromatic rings. The van der Waals surface area contributed by atoms with Gasteiger partial charge >= 0.3 is 6.18 Å². The van der Waals surface area contributed by atoms with Gasteiger partial charge in [0.05, 0.1) is 18.1 Å². The standard InChI is InChI=1S/C9H6F3NO/c10-9(11,12)7-3-6(1-2-13)4-8(14)5-7/h3-5,14H,1H2. The maximum Gasteiger partial charge on any atom is 0.416 e. The minimum absolute atomic E-state index is 0.153. The number of hydrogen-bond acceptors (Lipinski definition) is 2. The fraction of sp³-hybridized carbons (Fsp3) is 0.222. The Labute approximate surface area is 78.2 Å². The number of hydrogen-bond donors (Lipinski definition) is 1. The van der Waals surface area contributed by atoms with Crippen LogP contribution >= 0.6 is 0 Å².